The topological polar surface area (TPSA) is 61.0 Å². The molecule has 0 radical (unpaired) electrons. The lowest BCUT2D eigenvalue weighted by molar-refractivity contribution is -0.389. The second-order valence-corrected chi connectivity index (χ2v) is 4.18. The number of aryl methyl sites for hydroxylation is 1. The van der Waals surface area contributed by atoms with Crippen LogP contribution in [0.1, 0.15) is 0 Å². The van der Waals surface area contributed by atoms with Crippen LogP contribution in [0.25, 0.3) is 0 Å². The van der Waals surface area contributed by atoms with E-state index < -0.39 is 16.2 Å². The fraction of sp³-hybridized carbons (Fsp3) is 0.500. The Morgan fingerprint density at radius 1 is 1.62 bits per heavy atom. The maximum Gasteiger partial charge on any atom is 0.441 e. The molecule has 90 valence electrons. The molecule has 0 N–H and O–H groups in total. The summed E-state index contributed by atoms with van der Waals surface area (Å²) in [6.07, 6.45) is 1.12. The van der Waals surface area contributed by atoms with Crippen molar-refractivity contribution in [2.24, 2.45) is 0 Å². The monoisotopic (exact) mass is 275 g/mol. The Bertz CT molecular complexity index is 395. The Kier molecular flexibility index (Phi) is 4.03. The Hall–Kier alpha value is -0.960. The van der Waals surface area contributed by atoms with Gasteiger partial charge in [0.1, 0.15) is 0 Å². The average Bonchev–Trinajstić information content (AvgIpc) is 2.44. The molecular weight excluding hydrogens is 271 g/mol. The first kappa shape index (κ1) is 13.1. The van der Waals surface area contributed by atoms with Gasteiger partial charge in [-0.05, 0) is 16.7 Å². The molecule has 0 aliphatic heterocycles. The fourth-order valence-corrected chi connectivity index (χ4v) is 1.61. The van der Waals surface area contributed by atoms with Crippen LogP contribution in [0.4, 0.5) is 19.0 Å². The van der Waals surface area contributed by atoms with Crippen LogP contribution >= 0.6 is 23.4 Å². The van der Waals surface area contributed by atoms with E-state index in [0.29, 0.717) is 0 Å². The van der Waals surface area contributed by atoms with E-state index in [4.69, 9.17) is 11.6 Å². The summed E-state index contributed by atoms with van der Waals surface area (Å²) in [5.74, 6) is -0.836. The number of aromatic nitrogens is 2. The molecule has 0 aliphatic carbocycles. The van der Waals surface area contributed by atoms with Crippen molar-refractivity contribution in [3.8, 4) is 0 Å². The zero-order valence-electron chi connectivity index (χ0n) is 7.57. The molecule has 0 aliphatic rings. The number of alkyl halides is 3. The van der Waals surface area contributed by atoms with Crippen LogP contribution in [0.3, 0.4) is 0 Å². The Balaban J connectivity index is 2.56. The van der Waals surface area contributed by atoms with Crippen LogP contribution in [0, 0.1) is 10.1 Å². The van der Waals surface area contributed by atoms with Crippen LogP contribution in [0.5, 0.6) is 0 Å². The van der Waals surface area contributed by atoms with Crippen molar-refractivity contribution >= 4 is 29.2 Å². The third kappa shape index (κ3) is 3.89. The van der Waals surface area contributed by atoms with E-state index in [1.54, 1.807) is 0 Å². The lowest BCUT2D eigenvalue weighted by atomic mass is 10.6. The summed E-state index contributed by atoms with van der Waals surface area (Å²) in [7, 11) is 0. The largest absolute Gasteiger partial charge is 0.441 e. The molecule has 1 aromatic heterocycles. The molecule has 0 amide bonds. The van der Waals surface area contributed by atoms with Gasteiger partial charge in [-0.2, -0.15) is 17.9 Å². The molecule has 0 atom stereocenters. The van der Waals surface area contributed by atoms with E-state index in [9.17, 15) is 23.3 Å². The number of hydrogen-bond acceptors (Lipinski definition) is 4. The molecule has 0 spiro atoms. The minimum atomic E-state index is -4.32. The van der Waals surface area contributed by atoms with Gasteiger partial charge in [-0.25, -0.2) is 0 Å². The summed E-state index contributed by atoms with van der Waals surface area (Å²) in [5.41, 5.74) is -4.32. The van der Waals surface area contributed by atoms with E-state index in [-0.39, 0.29) is 29.1 Å². The maximum atomic E-state index is 11.8. The molecule has 16 heavy (non-hydrogen) atoms. The molecule has 0 fully saturated rings. The summed E-state index contributed by atoms with van der Waals surface area (Å²) in [5, 5.41) is 13.6. The summed E-state index contributed by atoms with van der Waals surface area (Å²) in [6.45, 7) is -0.0995. The molecule has 10 heteroatoms. The molecule has 0 saturated carbocycles. The van der Waals surface area contributed by atoms with Crippen LogP contribution in [0.2, 0.25) is 5.02 Å². The highest BCUT2D eigenvalue weighted by Crippen LogP contribution is 2.30. The third-order valence-corrected chi connectivity index (χ3v) is 2.44. The lowest BCUT2D eigenvalue weighted by Gasteiger charge is -2.03. The van der Waals surface area contributed by atoms with Crippen molar-refractivity contribution in [3.05, 3.63) is 21.3 Å². The highest BCUT2D eigenvalue weighted by Gasteiger charge is 2.28. The summed E-state index contributed by atoms with van der Waals surface area (Å²) < 4.78 is 36.3. The van der Waals surface area contributed by atoms with Crippen molar-refractivity contribution in [1.82, 2.24) is 9.78 Å². The molecule has 1 aromatic rings. The highest BCUT2D eigenvalue weighted by atomic mass is 35.5. The van der Waals surface area contributed by atoms with E-state index >= 15 is 0 Å². The van der Waals surface area contributed by atoms with Gasteiger partial charge in [-0.1, -0.05) is 11.6 Å². The van der Waals surface area contributed by atoms with E-state index in [2.05, 4.69) is 5.10 Å². The van der Waals surface area contributed by atoms with Crippen molar-refractivity contribution < 1.29 is 18.1 Å². The predicted molar refractivity (Wildman–Crippen MR) is 52.4 cm³/mol. The van der Waals surface area contributed by atoms with Gasteiger partial charge in [0.05, 0.1) is 17.8 Å². The average molecular weight is 276 g/mol. The van der Waals surface area contributed by atoms with Gasteiger partial charge in [-0.3, -0.25) is 0 Å². The highest BCUT2D eigenvalue weighted by molar-refractivity contribution is 8.00. The minimum Gasteiger partial charge on any atom is -0.358 e. The number of halogens is 4. The quantitative estimate of drug-likeness (QED) is 0.626. The molecule has 0 aromatic carbocycles. The number of nitrogens with zero attached hydrogens (tertiary/aromatic N) is 3. The van der Waals surface area contributed by atoms with Gasteiger partial charge in [-0.15, -0.1) is 0 Å². The van der Waals surface area contributed by atoms with Crippen molar-refractivity contribution in [2.45, 2.75) is 12.1 Å². The minimum absolute atomic E-state index is 0.0995. The standard InChI is InChI=1S/C6H5ClF3N3O2S/c7-4-3-12(11-5(4)13(14)15)1-2-16-6(8,9)10/h3H,1-2H2. The smallest absolute Gasteiger partial charge is 0.358 e. The molecule has 5 nitrogen and oxygen atoms in total. The Labute approximate surface area is 96.7 Å². The summed E-state index contributed by atoms with van der Waals surface area (Å²) >= 11 is 5.23. The van der Waals surface area contributed by atoms with Gasteiger partial charge < -0.3 is 10.1 Å². The van der Waals surface area contributed by atoms with Crippen LogP contribution in [-0.2, 0) is 6.54 Å². The zero-order valence-corrected chi connectivity index (χ0v) is 9.14. The Morgan fingerprint density at radius 2 is 2.25 bits per heavy atom. The van der Waals surface area contributed by atoms with E-state index in [0.717, 1.165) is 10.9 Å². The van der Waals surface area contributed by atoms with E-state index in [1.165, 1.54) is 0 Å². The van der Waals surface area contributed by atoms with Crippen LogP contribution < -0.4 is 0 Å². The van der Waals surface area contributed by atoms with Gasteiger partial charge >= 0.3 is 11.3 Å². The number of hydrogen-bond donors (Lipinski definition) is 0. The molecule has 0 bridgehead atoms. The number of nitro groups is 1. The fourth-order valence-electron chi connectivity index (χ4n) is 0.880. The summed E-state index contributed by atoms with van der Waals surface area (Å²) in [4.78, 5) is 9.53. The molecule has 1 rings (SSSR count). The van der Waals surface area contributed by atoms with Crippen molar-refractivity contribution in [2.75, 3.05) is 5.75 Å². The van der Waals surface area contributed by atoms with Crippen LogP contribution in [-0.4, -0.2) is 26.0 Å². The molecule has 0 unspecified atom stereocenters. The summed E-state index contributed by atoms with van der Waals surface area (Å²) in [6, 6.07) is 0. The van der Waals surface area contributed by atoms with Gasteiger partial charge in [0, 0.05) is 5.75 Å². The third-order valence-electron chi connectivity index (χ3n) is 1.46. The number of rotatable bonds is 4. The van der Waals surface area contributed by atoms with Crippen LogP contribution in [0.15, 0.2) is 6.20 Å². The lowest BCUT2D eigenvalue weighted by Crippen LogP contribution is -2.07. The number of thioether (sulfide) groups is 1. The first-order valence-electron chi connectivity index (χ1n) is 3.87. The molecule has 0 saturated heterocycles. The second kappa shape index (κ2) is 4.91. The first-order chi connectivity index (χ1) is 7.29. The normalized spacial score (nSPS) is 11.8. The molecular formula is C6H5ClF3N3O2S. The predicted octanol–water partition coefficient (Wildman–Crippen LogP) is 2.70. The van der Waals surface area contributed by atoms with Gasteiger partial charge in [0.15, 0.2) is 5.02 Å². The molecule has 1 heterocycles. The second-order valence-electron chi connectivity index (χ2n) is 2.62. The van der Waals surface area contributed by atoms with Gasteiger partial charge in [0.25, 0.3) is 0 Å². The Morgan fingerprint density at radius 3 is 2.69 bits per heavy atom. The zero-order chi connectivity index (χ0) is 12.3. The maximum absolute atomic E-state index is 11.8. The van der Waals surface area contributed by atoms with E-state index in [1.807, 2.05) is 0 Å². The SMILES string of the molecule is O=[N+]([O-])c1nn(CCSC(F)(F)F)cc1Cl. The first-order valence-corrected chi connectivity index (χ1v) is 5.24. The van der Waals surface area contributed by atoms with Gasteiger partial charge in [0.2, 0.25) is 0 Å². The van der Waals surface area contributed by atoms with Crippen molar-refractivity contribution in [1.29, 1.82) is 0 Å². The van der Waals surface area contributed by atoms with Crippen molar-refractivity contribution in [3.63, 3.8) is 0 Å².